The maximum absolute atomic E-state index is 12.4. The van der Waals surface area contributed by atoms with Gasteiger partial charge in [-0.15, -0.1) is 0 Å². The lowest BCUT2D eigenvalue weighted by molar-refractivity contribution is 0.190. The number of carbonyl (C=O) groups is 1. The van der Waals surface area contributed by atoms with E-state index in [-0.39, 0.29) is 12.1 Å². The molecular weight excluding hydrogens is 318 g/mol. The molecule has 0 saturated carbocycles. The molecule has 20 heavy (non-hydrogen) atoms. The van der Waals surface area contributed by atoms with E-state index in [9.17, 15) is 4.79 Å². The van der Waals surface area contributed by atoms with E-state index < -0.39 is 0 Å². The summed E-state index contributed by atoms with van der Waals surface area (Å²) in [5.41, 5.74) is 1.20. The number of benzene rings is 1. The minimum absolute atomic E-state index is 0.157. The molecule has 4 nitrogen and oxygen atoms in total. The van der Waals surface area contributed by atoms with E-state index in [1.54, 1.807) is 0 Å². The maximum atomic E-state index is 12.4. The van der Waals surface area contributed by atoms with Crippen LogP contribution in [0, 0.1) is 5.92 Å². The molecule has 1 aromatic carbocycles. The van der Waals surface area contributed by atoms with Crippen molar-refractivity contribution in [2.24, 2.45) is 5.92 Å². The molecule has 2 aliphatic heterocycles. The largest absolute Gasteiger partial charge is 0.322 e. The Kier molecular flexibility index (Phi) is 3.98. The molecule has 2 atom stereocenters. The second kappa shape index (κ2) is 5.74. The van der Waals surface area contributed by atoms with Gasteiger partial charge in [0.25, 0.3) is 0 Å². The zero-order chi connectivity index (χ0) is 14.1. The molecule has 2 heterocycles. The van der Waals surface area contributed by atoms with E-state index >= 15 is 0 Å². The van der Waals surface area contributed by atoms with Gasteiger partial charge in [-0.2, -0.15) is 0 Å². The van der Waals surface area contributed by atoms with Gasteiger partial charge in [-0.05, 0) is 43.1 Å². The molecule has 2 fully saturated rings. The van der Waals surface area contributed by atoms with Crippen molar-refractivity contribution in [1.29, 1.82) is 0 Å². The summed E-state index contributed by atoms with van der Waals surface area (Å²) in [4.78, 5) is 16.2. The van der Waals surface area contributed by atoms with E-state index in [4.69, 9.17) is 0 Å². The predicted molar refractivity (Wildman–Crippen MR) is 82.6 cm³/mol. The van der Waals surface area contributed by atoms with Crippen LogP contribution in [0.5, 0.6) is 0 Å². The van der Waals surface area contributed by atoms with Crippen LogP contribution in [0.4, 0.5) is 4.79 Å². The first-order valence-corrected chi connectivity index (χ1v) is 7.92. The molecule has 1 aromatic rings. The Labute approximate surface area is 128 Å². The van der Waals surface area contributed by atoms with E-state index in [0.29, 0.717) is 5.92 Å². The molecule has 108 valence electrons. The number of urea groups is 1. The normalized spacial score (nSPS) is 26.6. The lowest BCUT2D eigenvalue weighted by atomic mass is 10.1. The molecule has 1 N–H and O–H groups in total. The number of nitrogens with zero attached hydrogens (tertiary/aromatic N) is 2. The topological polar surface area (TPSA) is 35.6 Å². The van der Waals surface area contributed by atoms with Gasteiger partial charge in [-0.25, -0.2) is 4.79 Å². The summed E-state index contributed by atoms with van der Waals surface area (Å²) in [6.07, 6.45) is 1.18. The summed E-state index contributed by atoms with van der Waals surface area (Å²) < 4.78 is 1.07. The van der Waals surface area contributed by atoms with Crippen molar-refractivity contribution in [3.05, 3.63) is 34.3 Å². The average Bonchev–Trinajstić information content (AvgIpc) is 3.04. The highest BCUT2D eigenvalue weighted by Crippen LogP contribution is 2.29. The number of halogens is 1. The Morgan fingerprint density at radius 3 is 2.75 bits per heavy atom. The number of rotatable bonds is 3. The van der Waals surface area contributed by atoms with Crippen molar-refractivity contribution in [3.8, 4) is 0 Å². The highest BCUT2D eigenvalue weighted by Gasteiger charge is 2.36. The highest BCUT2D eigenvalue weighted by molar-refractivity contribution is 9.10. The minimum Gasteiger partial charge on any atom is -0.322 e. The first-order valence-electron chi connectivity index (χ1n) is 7.13. The van der Waals surface area contributed by atoms with Gasteiger partial charge in [0.15, 0.2) is 0 Å². The first-order chi connectivity index (χ1) is 9.65. The molecule has 2 amide bonds. The predicted octanol–water partition coefficient (Wildman–Crippen LogP) is 2.47. The van der Waals surface area contributed by atoms with Crippen LogP contribution in [0.3, 0.4) is 0 Å². The molecule has 3 rings (SSSR count). The fraction of sp³-hybridized carbons (Fsp3) is 0.533. The van der Waals surface area contributed by atoms with Crippen molar-refractivity contribution < 1.29 is 4.79 Å². The number of hydrogen-bond acceptors (Lipinski definition) is 2. The third-order valence-electron chi connectivity index (χ3n) is 4.33. The lowest BCUT2D eigenvalue weighted by Crippen LogP contribution is -2.34. The van der Waals surface area contributed by atoms with Gasteiger partial charge in [0, 0.05) is 24.6 Å². The van der Waals surface area contributed by atoms with Gasteiger partial charge in [-0.3, -0.25) is 0 Å². The number of carbonyl (C=O) groups excluding carboxylic acids is 1. The Balaban J connectivity index is 1.71. The molecule has 0 bridgehead atoms. The second-order valence-corrected chi connectivity index (χ2v) is 6.64. The van der Waals surface area contributed by atoms with Crippen molar-refractivity contribution in [2.75, 3.05) is 33.2 Å². The third kappa shape index (κ3) is 2.69. The molecule has 2 unspecified atom stereocenters. The molecule has 0 radical (unpaired) electrons. The van der Waals surface area contributed by atoms with Gasteiger partial charge >= 0.3 is 6.03 Å². The van der Waals surface area contributed by atoms with Gasteiger partial charge in [0.05, 0.1) is 6.04 Å². The van der Waals surface area contributed by atoms with Crippen molar-refractivity contribution in [1.82, 2.24) is 15.1 Å². The van der Waals surface area contributed by atoms with Crippen LogP contribution in [0.25, 0.3) is 0 Å². The summed E-state index contributed by atoms with van der Waals surface area (Å²) in [6.45, 7) is 3.80. The van der Waals surface area contributed by atoms with Crippen LogP contribution in [-0.2, 0) is 0 Å². The number of likely N-dealkylation sites (N-methyl/N-ethyl adjacent to an activating group) is 1. The average molecular weight is 338 g/mol. The molecule has 0 aliphatic carbocycles. The summed E-state index contributed by atoms with van der Waals surface area (Å²) in [5, 5.41) is 3.36. The third-order valence-corrected chi connectivity index (χ3v) is 4.86. The maximum Gasteiger partial charge on any atom is 0.320 e. The highest BCUT2D eigenvalue weighted by atomic mass is 79.9. The van der Waals surface area contributed by atoms with Gasteiger partial charge in [0.2, 0.25) is 0 Å². The van der Waals surface area contributed by atoms with Gasteiger partial charge in [0.1, 0.15) is 0 Å². The Hall–Kier alpha value is -1.07. The van der Waals surface area contributed by atoms with Gasteiger partial charge in [-0.1, -0.05) is 28.1 Å². The van der Waals surface area contributed by atoms with Crippen molar-refractivity contribution in [2.45, 2.75) is 12.5 Å². The molecule has 0 aromatic heterocycles. The Morgan fingerprint density at radius 1 is 1.35 bits per heavy atom. The van der Waals surface area contributed by atoms with Crippen molar-refractivity contribution in [3.63, 3.8) is 0 Å². The van der Waals surface area contributed by atoms with Gasteiger partial charge < -0.3 is 15.1 Å². The summed E-state index contributed by atoms with van der Waals surface area (Å²) >= 11 is 3.45. The quantitative estimate of drug-likeness (QED) is 0.919. The second-order valence-electron chi connectivity index (χ2n) is 5.72. The van der Waals surface area contributed by atoms with E-state index in [1.807, 2.05) is 29.0 Å². The zero-order valence-electron chi connectivity index (χ0n) is 11.7. The molecule has 5 heteroatoms. The fourth-order valence-corrected chi connectivity index (χ4v) is 3.38. The number of nitrogens with one attached hydrogen (secondary N) is 1. The smallest absolute Gasteiger partial charge is 0.320 e. The lowest BCUT2D eigenvalue weighted by Gasteiger charge is -2.19. The van der Waals surface area contributed by atoms with Crippen LogP contribution in [0.15, 0.2) is 28.7 Å². The van der Waals surface area contributed by atoms with Crippen LogP contribution in [0.2, 0.25) is 0 Å². The standard InChI is InChI=1S/C15H20BrN3O/c1-18-14(12-2-4-13(16)5-3-12)10-19(15(18)20)9-11-6-7-17-8-11/h2-5,11,14,17H,6-10H2,1H3. The minimum atomic E-state index is 0.157. The van der Waals surface area contributed by atoms with Crippen LogP contribution >= 0.6 is 15.9 Å². The van der Waals surface area contributed by atoms with Crippen LogP contribution < -0.4 is 5.32 Å². The zero-order valence-corrected chi connectivity index (χ0v) is 13.3. The Morgan fingerprint density at radius 2 is 2.10 bits per heavy atom. The molecule has 0 spiro atoms. The van der Waals surface area contributed by atoms with Crippen LogP contribution in [0.1, 0.15) is 18.0 Å². The number of hydrogen-bond donors (Lipinski definition) is 1. The molecular formula is C15H20BrN3O. The SMILES string of the molecule is CN1C(=O)N(CC2CCNC2)CC1c1ccc(Br)cc1. The number of amides is 2. The van der Waals surface area contributed by atoms with Crippen LogP contribution in [-0.4, -0.2) is 49.1 Å². The molecule has 2 aliphatic rings. The summed E-state index contributed by atoms with van der Waals surface area (Å²) in [6, 6.07) is 8.60. The molecule has 2 saturated heterocycles. The first kappa shape index (κ1) is 13.9. The van der Waals surface area contributed by atoms with E-state index in [0.717, 1.165) is 30.7 Å². The van der Waals surface area contributed by atoms with E-state index in [2.05, 4.69) is 33.4 Å². The monoisotopic (exact) mass is 337 g/mol. The summed E-state index contributed by atoms with van der Waals surface area (Å²) in [5.74, 6) is 0.607. The van der Waals surface area contributed by atoms with Crippen molar-refractivity contribution >= 4 is 22.0 Å². The summed E-state index contributed by atoms with van der Waals surface area (Å²) in [7, 11) is 1.90. The fourth-order valence-electron chi connectivity index (χ4n) is 3.11. The Bertz CT molecular complexity index is 484. The van der Waals surface area contributed by atoms with E-state index in [1.165, 1.54) is 12.0 Å².